The molecule has 112 valence electrons. The van der Waals surface area contributed by atoms with Gasteiger partial charge in [0.2, 0.25) is 0 Å². The molecule has 1 heterocycles. The van der Waals surface area contributed by atoms with Crippen LogP contribution < -0.4 is 11.1 Å². The zero-order valence-electron chi connectivity index (χ0n) is 12.1. The fraction of sp³-hybridized carbons (Fsp3) is 0.312. The Morgan fingerprint density at radius 3 is 2.86 bits per heavy atom. The first-order valence-corrected chi connectivity index (χ1v) is 8.80. The van der Waals surface area contributed by atoms with E-state index in [4.69, 9.17) is 5.73 Å². The van der Waals surface area contributed by atoms with Crippen LogP contribution in [0.2, 0.25) is 0 Å². The molecule has 0 spiro atoms. The van der Waals surface area contributed by atoms with Gasteiger partial charge in [-0.1, -0.05) is 19.1 Å². The molecule has 0 saturated carbocycles. The van der Waals surface area contributed by atoms with Crippen LogP contribution in [0.4, 0.5) is 5.69 Å². The number of rotatable bonds is 7. The van der Waals surface area contributed by atoms with E-state index in [-0.39, 0.29) is 6.04 Å². The maximum Gasteiger partial charge on any atom is 0.0451 e. The molecular weight excluding hydrogens is 346 g/mol. The van der Waals surface area contributed by atoms with Crippen LogP contribution in [-0.4, -0.2) is 17.3 Å². The Kier molecular flexibility index (Phi) is 6.54. The van der Waals surface area contributed by atoms with Gasteiger partial charge in [0.05, 0.1) is 0 Å². The average molecular weight is 366 g/mol. The topological polar surface area (TPSA) is 50.9 Å². The summed E-state index contributed by atoms with van der Waals surface area (Å²) in [7, 11) is 0. The third-order valence-electron chi connectivity index (χ3n) is 3.15. The zero-order chi connectivity index (χ0) is 15.1. The van der Waals surface area contributed by atoms with E-state index in [1.54, 1.807) is 6.20 Å². The normalized spacial score (nSPS) is 12.3. The summed E-state index contributed by atoms with van der Waals surface area (Å²) in [5.41, 5.74) is 7.97. The molecule has 0 radical (unpaired) electrons. The predicted octanol–water partition coefficient (Wildman–Crippen LogP) is 4.26. The Bertz CT molecular complexity index is 577. The Labute approximate surface area is 138 Å². The molecule has 0 aliphatic carbocycles. The first kappa shape index (κ1) is 16.3. The minimum absolute atomic E-state index is 0.204. The second-order valence-corrected chi connectivity index (χ2v) is 6.67. The summed E-state index contributed by atoms with van der Waals surface area (Å²) in [6, 6.07) is 10.3. The van der Waals surface area contributed by atoms with E-state index >= 15 is 0 Å². The first-order chi connectivity index (χ1) is 10.2. The van der Waals surface area contributed by atoms with Crippen LogP contribution >= 0.6 is 27.7 Å². The van der Waals surface area contributed by atoms with Crippen molar-refractivity contribution in [2.45, 2.75) is 24.3 Å². The van der Waals surface area contributed by atoms with Crippen molar-refractivity contribution in [2.75, 3.05) is 18.0 Å². The smallest absolute Gasteiger partial charge is 0.0451 e. The highest BCUT2D eigenvalue weighted by Crippen LogP contribution is 2.31. The quantitative estimate of drug-likeness (QED) is 0.719. The molecule has 2 aromatic rings. The van der Waals surface area contributed by atoms with Crippen molar-refractivity contribution >= 4 is 33.4 Å². The molecule has 3 nitrogen and oxygen atoms in total. The lowest BCUT2D eigenvalue weighted by molar-refractivity contribution is 0.577. The van der Waals surface area contributed by atoms with Gasteiger partial charge in [-0.3, -0.25) is 4.98 Å². The second-order valence-electron chi connectivity index (χ2n) is 4.75. The van der Waals surface area contributed by atoms with E-state index in [1.807, 2.05) is 30.1 Å². The number of nitrogen functional groups attached to an aromatic ring is 1. The summed E-state index contributed by atoms with van der Waals surface area (Å²) in [6.07, 6.45) is 4.69. The van der Waals surface area contributed by atoms with Crippen LogP contribution in [0.3, 0.4) is 0 Å². The molecule has 1 aromatic heterocycles. The molecule has 0 fully saturated rings. The third-order valence-corrected chi connectivity index (χ3v) is 5.27. The van der Waals surface area contributed by atoms with Crippen LogP contribution in [0.5, 0.6) is 0 Å². The molecule has 2 rings (SSSR count). The molecule has 5 heteroatoms. The number of nitrogens with two attached hydrogens (primary N) is 1. The Balaban J connectivity index is 2.10. The largest absolute Gasteiger partial charge is 0.398 e. The van der Waals surface area contributed by atoms with Gasteiger partial charge in [0.15, 0.2) is 0 Å². The van der Waals surface area contributed by atoms with Crippen molar-refractivity contribution in [3.05, 3.63) is 52.8 Å². The molecule has 1 aromatic carbocycles. The molecule has 0 saturated heterocycles. The predicted molar refractivity (Wildman–Crippen MR) is 94.6 cm³/mol. The summed E-state index contributed by atoms with van der Waals surface area (Å²) in [5, 5.41) is 3.56. The van der Waals surface area contributed by atoms with Crippen molar-refractivity contribution in [3.63, 3.8) is 0 Å². The van der Waals surface area contributed by atoms with Crippen LogP contribution in [0, 0.1) is 0 Å². The highest BCUT2D eigenvalue weighted by atomic mass is 79.9. The van der Waals surface area contributed by atoms with Crippen LogP contribution in [-0.2, 0) is 0 Å². The summed E-state index contributed by atoms with van der Waals surface area (Å²) < 4.78 is 1.13. The van der Waals surface area contributed by atoms with Gasteiger partial charge in [-0.25, -0.2) is 0 Å². The number of benzene rings is 1. The SMILES string of the molecule is CCCNC(CSc1ccccc1Br)c1cnccc1N. The van der Waals surface area contributed by atoms with Crippen molar-refractivity contribution in [1.82, 2.24) is 10.3 Å². The lowest BCUT2D eigenvalue weighted by Gasteiger charge is -2.20. The number of anilines is 1. The molecular formula is C16H20BrN3S. The summed E-state index contributed by atoms with van der Waals surface area (Å²) in [4.78, 5) is 5.45. The van der Waals surface area contributed by atoms with E-state index in [1.165, 1.54) is 4.90 Å². The zero-order valence-corrected chi connectivity index (χ0v) is 14.5. The van der Waals surface area contributed by atoms with E-state index in [2.05, 4.69) is 51.4 Å². The number of nitrogens with zero attached hydrogens (tertiary/aromatic N) is 1. The molecule has 0 bridgehead atoms. The number of hydrogen-bond acceptors (Lipinski definition) is 4. The maximum atomic E-state index is 6.09. The molecule has 0 aliphatic heterocycles. The number of nitrogens with one attached hydrogen (secondary N) is 1. The minimum atomic E-state index is 0.204. The first-order valence-electron chi connectivity index (χ1n) is 7.02. The van der Waals surface area contributed by atoms with E-state index in [9.17, 15) is 0 Å². The second kappa shape index (κ2) is 8.41. The summed E-state index contributed by atoms with van der Waals surface area (Å²) >= 11 is 5.41. The highest BCUT2D eigenvalue weighted by Gasteiger charge is 2.15. The van der Waals surface area contributed by atoms with Crippen molar-refractivity contribution < 1.29 is 0 Å². The number of pyridine rings is 1. The molecule has 3 N–H and O–H groups in total. The molecule has 1 atom stereocenters. The standard InChI is InChI=1S/C16H20BrN3S/c1-2-8-20-15(12-10-19-9-7-14(12)18)11-21-16-6-4-3-5-13(16)17/h3-7,9-10,15,20H,2,8,11H2,1H3,(H2,18,19). The average Bonchev–Trinajstić information content (AvgIpc) is 2.50. The van der Waals surface area contributed by atoms with Crippen molar-refractivity contribution in [2.24, 2.45) is 0 Å². The third kappa shape index (κ3) is 4.73. The van der Waals surface area contributed by atoms with Gasteiger partial charge < -0.3 is 11.1 Å². The highest BCUT2D eigenvalue weighted by molar-refractivity contribution is 9.10. The van der Waals surface area contributed by atoms with Gasteiger partial charge in [-0.05, 0) is 47.1 Å². The summed E-state index contributed by atoms with van der Waals surface area (Å²) in [5.74, 6) is 0.915. The van der Waals surface area contributed by atoms with Crippen LogP contribution in [0.15, 0.2) is 52.1 Å². The van der Waals surface area contributed by atoms with Gasteiger partial charge in [0.1, 0.15) is 0 Å². The monoisotopic (exact) mass is 365 g/mol. The van der Waals surface area contributed by atoms with E-state index in [0.29, 0.717) is 0 Å². The molecule has 1 unspecified atom stereocenters. The van der Waals surface area contributed by atoms with Gasteiger partial charge >= 0.3 is 0 Å². The maximum absolute atomic E-state index is 6.09. The number of hydrogen-bond donors (Lipinski definition) is 2. The van der Waals surface area contributed by atoms with Crippen molar-refractivity contribution in [1.29, 1.82) is 0 Å². The van der Waals surface area contributed by atoms with Crippen molar-refractivity contribution in [3.8, 4) is 0 Å². The minimum Gasteiger partial charge on any atom is -0.398 e. The lowest BCUT2D eigenvalue weighted by atomic mass is 10.1. The van der Waals surface area contributed by atoms with Crippen LogP contribution in [0.25, 0.3) is 0 Å². The number of aromatic nitrogens is 1. The fourth-order valence-electron chi connectivity index (χ4n) is 2.02. The Morgan fingerprint density at radius 1 is 1.33 bits per heavy atom. The molecule has 0 amide bonds. The van der Waals surface area contributed by atoms with Crippen LogP contribution in [0.1, 0.15) is 24.9 Å². The molecule has 0 aliphatic rings. The van der Waals surface area contributed by atoms with Gasteiger partial charge in [-0.2, -0.15) is 0 Å². The van der Waals surface area contributed by atoms with E-state index in [0.717, 1.165) is 34.4 Å². The summed E-state index contributed by atoms with van der Waals surface area (Å²) in [6.45, 7) is 3.13. The molecule has 21 heavy (non-hydrogen) atoms. The van der Waals surface area contributed by atoms with Gasteiger partial charge in [0, 0.05) is 44.8 Å². The van der Waals surface area contributed by atoms with Gasteiger partial charge in [0.25, 0.3) is 0 Å². The fourth-order valence-corrected chi connectivity index (χ4v) is 3.67. The number of thioether (sulfide) groups is 1. The van der Waals surface area contributed by atoms with E-state index < -0.39 is 0 Å². The lowest BCUT2D eigenvalue weighted by Crippen LogP contribution is -2.25. The number of halogens is 1. The Morgan fingerprint density at radius 2 is 2.14 bits per heavy atom. The Hall–Kier alpha value is -1.04. The van der Waals surface area contributed by atoms with Gasteiger partial charge in [-0.15, -0.1) is 11.8 Å².